The average molecular weight is 234 g/mol. The van der Waals surface area contributed by atoms with Crippen molar-refractivity contribution in [1.29, 1.82) is 0 Å². The summed E-state index contributed by atoms with van der Waals surface area (Å²) in [5.74, 6) is 0. The molecule has 0 aliphatic carbocycles. The third-order valence-electron chi connectivity index (χ3n) is 2.90. The molecular formula is C13H18N2O2. The van der Waals surface area contributed by atoms with Gasteiger partial charge in [-0.15, -0.1) is 0 Å². The number of hydrogen-bond donors (Lipinski definition) is 1. The van der Waals surface area contributed by atoms with E-state index in [2.05, 4.69) is 0 Å². The molecular weight excluding hydrogens is 216 g/mol. The number of rotatable bonds is 1. The monoisotopic (exact) mass is 234 g/mol. The van der Waals surface area contributed by atoms with Crippen molar-refractivity contribution in [1.82, 2.24) is 4.90 Å². The molecule has 1 atom stereocenters. The zero-order valence-corrected chi connectivity index (χ0v) is 10.4. The minimum Gasteiger partial charge on any atom is -0.439 e. The van der Waals surface area contributed by atoms with Crippen molar-refractivity contribution in [2.75, 3.05) is 12.3 Å². The fraction of sp³-hybridized carbons (Fsp3) is 0.462. The van der Waals surface area contributed by atoms with Crippen molar-refractivity contribution < 1.29 is 9.53 Å². The zero-order valence-electron chi connectivity index (χ0n) is 10.4. The molecule has 0 saturated carbocycles. The Morgan fingerprint density at radius 3 is 2.65 bits per heavy atom. The van der Waals surface area contributed by atoms with Crippen molar-refractivity contribution in [3.63, 3.8) is 0 Å². The fourth-order valence-electron chi connectivity index (χ4n) is 1.94. The van der Waals surface area contributed by atoms with Crippen LogP contribution in [0.1, 0.15) is 32.4 Å². The molecule has 0 bridgehead atoms. The highest BCUT2D eigenvalue weighted by Gasteiger charge is 2.38. The van der Waals surface area contributed by atoms with Crippen molar-refractivity contribution in [3.8, 4) is 0 Å². The topological polar surface area (TPSA) is 55.6 Å². The van der Waals surface area contributed by atoms with Crippen LogP contribution in [-0.4, -0.2) is 23.1 Å². The van der Waals surface area contributed by atoms with Gasteiger partial charge in [0, 0.05) is 11.2 Å². The molecule has 1 aliphatic heterocycles. The lowest BCUT2D eigenvalue weighted by Gasteiger charge is -2.29. The maximum Gasteiger partial charge on any atom is 0.411 e. The van der Waals surface area contributed by atoms with Crippen LogP contribution >= 0.6 is 0 Å². The van der Waals surface area contributed by atoms with Gasteiger partial charge in [0.1, 0.15) is 6.10 Å². The summed E-state index contributed by atoms with van der Waals surface area (Å²) < 4.78 is 5.37. The summed E-state index contributed by atoms with van der Waals surface area (Å²) in [5.41, 5.74) is 7.15. The average Bonchev–Trinajstić information content (AvgIpc) is 2.60. The Bertz CT molecular complexity index is 437. The van der Waals surface area contributed by atoms with E-state index in [1.54, 1.807) is 4.90 Å². The number of ether oxygens (including phenoxy) is 1. The van der Waals surface area contributed by atoms with Crippen LogP contribution in [0, 0.1) is 0 Å². The Morgan fingerprint density at radius 1 is 1.41 bits per heavy atom. The second kappa shape index (κ2) is 3.95. The number of carbonyl (C=O) groups excluding carboxylic acids is 1. The Kier molecular flexibility index (Phi) is 2.73. The second-order valence-electron chi connectivity index (χ2n) is 5.32. The predicted molar refractivity (Wildman–Crippen MR) is 66.5 cm³/mol. The van der Waals surface area contributed by atoms with E-state index in [4.69, 9.17) is 10.5 Å². The zero-order chi connectivity index (χ0) is 12.6. The van der Waals surface area contributed by atoms with Gasteiger partial charge in [-0.05, 0) is 38.5 Å². The third-order valence-corrected chi connectivity index (χ3v) is 2.90. The second-order valence-corrected chi connectivity index (χ2v) is 5.32. The number of cyclic esters (lactones) is 1. The highest BCUT2D eigenvalue weighted by atomic mass is 16.6. The van der Waals surface area contributed by atoms with Crippen molar-refractivity contribution in [2.45, 2.75) is 32.4 Å². The van der Waals surface area contributed by atoms with E-state index in [0.29, 0.717) is 12.2 Å². The maximum absolute atomic E-state index is 11.8. The number of anilines is 1. The third kappa shape index (κ3) is 2.35. The molecule has 4 heteroatoms. The highest BCUT2D eigenvalue weighted by Crippen LogP contribution is 2.31. The van der Waals surface area contributed by atoms with Gasteiger partial charge in [0.05, 0.1) is 6.54 Å². The Hall–Kier alpha value is -1.71. The quantitative estimate of drug-likeness (QED) is 0.760. The molecule has 4 nitrogen and oxygen atoms in total. The van der Waals surface area contributed by atoms with Gasteiger partial charge >= 0.3 is 6.09 Å². The lowest BCUT2D eigenvalue weighted by atomic mass is 10.0. The molecule has 1 aliphatic rings. The minimum atomic E-state index is -0.259. The van der Waals surface area contributed by atoms with Crippen molar-refractivity contribution in [3.05, 3.63) is 29.8 Å². The molecule has 1 aromatic rings. The summed E-state index contributed by atoms with van der Waals surface area (Å²) >= 11 is 0. The van der Waals surface area contributed by atoms with Crippen LogP contribution in [0.5, 0.6) is 0 Å². The van der Waals surface area contributed by atoms with Gasteiger partial charge in [-0.2, -0.15) is 0 Å². The molecule has 1 amide bonds. The number of carbonyl (C=O) groups is 1. The molecule has 1 heterocycles. The van der Waals surface area contributed by atoms with Crippen molar-refractivity contribution in [2.24, 2.45) is 0 Å². The van der Waals surface area contributed by atoms with Crippen LogP contribution < -0.4 is 5.73 Å². The Labute approximate surface area is 101 Å². The number of nitrogens with two attached hydrogens (primary N) is 1. The smallest absolute Gasteiger partial charge is 0.411 e. The molecule has 1 fully saturated rings. The lowest BCUT2D eigenvalue weighted by molar-refractivity contribution is 0.120. The van der Waals surface area contributed by atoms with Gasteiger partial charge in [-0.3, -0.25) is 4.90 Å². The number of amides is 1. The molecule has 0 aromatic heterocycles. The molecule has 1 aromatic carbocycles. The van der Waals surface area contributed by atoms with E-state index < -0.39 is 0 Å². The lowest BCUT2D eigenvalue weighted by Crippen LogP contribution is -2.41. The van der Waals surface area contributed by atoms with Gasteiger partial charge in [0.25, 0.3) is 0 Å². The Balaban J connectivity index is 2.20. The van der Waals surface area contributed by atoms with Crippen LogP contribution in [0.4, 0.5) is 10.5 Å². The number of benzene rings is 1. The van der Waals surface area contributed by atoms with Crippen LogP contribution in [0.2, 0.25) is 0 Å². The van der Waals surface area contributed by atoms with Gasteiger partial charge in [-0.1, -0.05) is 12.1 Å². The van der Waals surface area contributed by atoms with E-state index >= 15 is 0 Å². The summed E-state index contributed by atoms with van der Waals surface area (Å²) in [6, 6.07) is 7.48. The summed E-state index contributed by atoms with van der Waals surface area (Å²) in [6.45, 7) is 6.56. The normalized spacial score (nSPS) is 20.5. The van der Waals surface area contributed by atoms with Crippen LogP contribution in [0.3, 0.4) is 0 Å². The van der Waals surface area contributed by atoms with Crippen LogP contribution in [0.15, 0.2) is 24.3 Å². The van der Waals surface area contributed by atoms with Crippen LogP contribution in [0.25, 0.3) is 0 Å². The Morgan fingerprint density at radius 2 is 2.12 bits per heavy atom. The van der Waals surface area contributed by atoms with E-state index in [0.717, 1.165) is 5.56 Å². The summed E-state index contributed by atoms with van der Waals surface area (Å²) in [4.78, 5) is 13.5. The number of nitrogens with zero attached hydrogens (tertiary/aromatic N) is 1. The first-order chi connectivity index (χ1) is 7.88. The van der Waals surface area contributed by atoms with Gasteiger partial charge in [-0.25, -0.2) is 4.79 Å². The van der Waals surface area contributed by atoms with E-state index in [9.17, 15) is 4.79 Å². The molecule has 92 valence electrons. The molecule has 2 rings (SSSR count). The largest absolute Gasteiger partial charge is 0.439 e. The van der Waals surface area contributed by atoms with Gasteiger partial charge in [0.2, 0.25) is 0 Å². The summed E-state index contributed by atoms with van der Waals surface area (Å²) in [6.07, 6.45) is -0.477. The highest BCUT2D eigenvalue weighted by molar-refractivity contribution is 5.71. The van der Waals surface area contributed by atoms with E-state index in [-0.39, 0.29) is 17.7 Å². The van der Waals surface area contributed by atoms with E-state index in [1.165, 1.54) is 0 Å². The van der Waals surface area contributed by atoms with Crippen molar-refractivity contribution >= 4 is 11.8 Å². The minimum absolute atomic E-state index is 0.216. The molecule has 17 heavy (non-hydrogen) atoms. The molecule has 1 unspecified atom stereocenters. The first-order valence-electron chi connectivity index (χ1n) is 5.71. The standard InChI is InChI=1S/C13H18N2O2/c1-13(2,3)15-8-11(17-12(15)16)9-5-4-6-10(14)7-9/h4-7,11H,8,14H2,1-3H3. The van der Waals surface area contributed by atoms with Gasteiger partial charge < -0.3 is 10.5 Å². The number of hydrogen-bond acceptors (Lipinski definition) is 3. The molecule has 1 saturated heterocycles. The first-order valence-corrected chi connectivity index (χ1v) is 5.71. The molecule has 0 spiro atoms. The number of nitrogen functional groups attached to an aromatic ring is 1. The molecule has 2 N–H and O–H groups in total. The fourth-order valence-corrected chi connectivity index (χ4v) is 1.94. The van der Waals surface area contributed by atoms with Crippen LogP contribution in [-0.2, 0) is 4.74 Å². The SMILES string of the molecule is CC(C)(C)N1CC(c2cccc(N)c2)OC1=O. The van der Waals surface area contributed by atoms with E-state index in [1.807, 2.05) is 45.0 Å². The molecule has 0 radical (unpaired) electrons. The first kappa shape index (κ1) is 11.8. The predicted octanol–water partition coefficient (Wildman–Crippen LogP) is 2.56. The van der Waals surface area contributed by atoms with Gasteiger partial charge in [0.15, 0.2) is 0 Å². The maximum atomic E-state index is 11.8. The summed E-state index contributed by atoms with van der Waals surface area (Å²) in [5, 5.41) is 0. The summed E-state index contributed by atoms with van der Waals surface area (Å²) in [7, 11) is 0.